The second-order valence-corrected chi connectivity index (χ2v) is 9.67. The molecule has 2 aromatic carbocycles. The van der Waals surface area contributed by atoms with Gasteiger partial charge < -0.3 is 9.47 Å². The van der Waals surface area contributed by atoms with Gasteiger partial charge in [-0.15, -0.1) is 0 Å². The summed E-state index contributed by atoms with van der Waals surface area (Å²) in [5, 5.41) is 0. The number of likely N-dealkylation sites (tertiary alicyclic amines) is 1. The van der Waals surface area contributed by atoms with Crippen LogP contribution in [0.2, 0.25) is 0 Å². The van der Waals surface area contributed by atoms with Gasteiger partial charge in [0.2, 0.25) is 0 Å². The van der Waals surface area contributed by atoms with Crippen molar-refractivity contribution in [2.45, 2.75) is 59.1 Å². The highest BCUT2D eigenvalue weighted by Crippen LogP contribution is 2.43. The average molecular weight is 436 g/mol. The Morgan fingerprint density at radius 3 is 2.41 bits per heavy atom. The van der Waals surface area contributed by atoms with E-state index in [0.717, 1.165) is 49.4 Å². The van der Waals surface area contributed by atoms with E-state index in [1.165, 1.54) is 18.4 Å². The maximum absolute atomic E-state index is 13.4. The Morgan fingerprint density at radius 1 is 1.06 bits per heavy atom. The summed E-state index contributed by atoms with van der Waals surface area (Å²) in [6.45, 7) is 9.53. The quantitative estimate of drug-likeness (QED) is 0.527. The predicted octanol–water partition coefficient (Wildman–Crippen LogP) is 5.78. The van der Waals surface area contributed by atoms with Crippen molar-refractivity contribution in [2.24, 2.45) is 17.8 Å². The maximum atomic E-state index is 13.4. The molecule has 4 rings (SSSR count). The molecule has 2 aliphatic rings. The lowest BCUT2D eigenvalue weighted by Gasteiger charge is -2.37. The van der Waals surface area contributed by atoms with Crippen LogP contribution in [0.4, 0.5) is 0 Å². The lowest BCUT2D eigenvalue weighted by molar-refractivity contribution is 0.0757. The molecule has 1 saturated heterocycles. The molecule has 0 N–H and O–H groups in total. The molecule has 2 aromatic rings. The van der Waals surface area contributed by atoms with E-state index in [1.54, 1.807) is 7.11 Å². The highest BCUT2D eigenvalue weighted by molar-refractivity contribution is 6.03. The Labute approximate surface area is 192 Å². The minimum absolute atomic E-state index is 0.0688. The van der Waals surface area contributed by atoms with Gasteiger partial charge in [-0.25, -0.2) is 0 Å². The van der Waals surface area contributed by atoms with Crippen molar-refractivity contribution in [3.05, 3.63) is 59.2 Å². The number of carbonyl (C=O) groups excluding carboxylic acids is 1. The topological polar surface area (TPSA) is 38.8 Å². The van der Waals surface area contributed by atoms with Crippen molar-refractivity contribution in [3.8, 4) is 11.5 Å². The van der Waals surface area contributed by atoms with Gasteiger partial charge in [-0.05, 0) is 81.3 Å². The summed E-state index contributed by atoms with van der Waals surface area (Å²) in [4.78, 5) is 16.0. The van der Waals surface area contributed by atoms with Gasteiger partial charge >= 0.3 is 0 Å². The molecule has 172 valence electrons. The maximum Gasteiger partial charge on any atom is 0.166 e. The summed E-state index contributed by atoms with van der Waals surface area (Å²) in [6, 6.07) is 14.7. The van der Waals surface area contributed by atoms with Crippen LogP contribution in [0.25, 0.3) is 0 Å². The van der Waals surface area contributed by atoms with Gasteiger partial charge in [0, 0.05) is 18.0 Å². The van der Waals surface area contributed by atoms with E-state index in [4.69, 9.17) is 9.47 Å². The molecule has 1 fully saturated rings. The van der Waals surface area contributed by atoms with Crippen LogP contribution in [0.1, 0.15) is 61.5 Å². The number of carbonyl (C=O) groups is 1. The van der Waals surface area contributed by atoms with Crippen molar-refractivity contribution in [3.63, 3.8) is 0 Å². The summed E-state index contributed by atoms with van der Waals surface area (Å²) in [6.07, 6.45) is 4.31. The molecule has 0 saturated carbocycles. The monoisotopic (exact) mass is 435 g/mol. The standard InChI is InChI=1S/C28H37NO3/c1-5-23(21-11-13-29(14-12-21)18-20-9-7-6-8-10-20)25-15-22-16-27(32-19(2)3)26(31-4)17-24(22)28(25)30/h6-10,16-17,19,21,23,25H,5,11-15,18H2,1-4H3. The van der Waals surface area contributed by atoms with Crippen LogP contribution in [0.3, 0.4) is 0 Å². The number of ether oxygens (including phenoxy) is 2. The third-order valence-electron chi connectivity index (χ3n) is 7.27. The van der Waals surface area contributed by atoms with Gasteiger partial charge in [0.05, 0.1) is 13.2 Å². The fourth-order valence-electron chi connectivity index (χ4n) is 5.71. The Morgan fingerprint density at radius 2 is 1.78 bits per heavy atom. The Balaban J connectivity index is 1.43. The van der Waals surface area contributed by atoms with E-state index < -0.39 is 0 Å². The Hall–Kier alpha value is -2.33. The van der Waals surface area contributed by atoms with Crippen LogP contribution in [0.5, 0.6) is 11.5 Å². The van der Waals surface area contributed by atoms with Gasteiger partial charge in [-0.2, -0.15) is 0 Å². The number of piperidine rings is 1. The van der Waals surface area contributed by atoms with E-state index in [-0.39, 0.29) is 12.0 Å². The number of rotatable bonds is 8. The fraction of sp³-hybridized carbons (Fsp3) is 0.536. The average Bonchev–Trinajstić information content (AvgIpc) is 3.10. The van der Waals surface area contributed by atoms with Gasteiger partial charge in [-0.3, -0.25) is 9.69 Å². The van der Waals surface area contributed by atoms with E-state index in [9.17, 15) is 4.79 Å². The summed E-state index contributed by atoms with van der Waals surface area (Å²) in [5.41, 5.74) is 3.34. The molecule has 4 nitrogen and oxygen atoms in total. The van der Waals surface area contributed by atoms with Crippen molar-refractivity contribution < 1.29 is 14.3 Å². The number of methoxy groups -OCH3 is 1. The Bertz CT molecular complexity index is 916. The van der Waals surface area contributed by atoms with E-state index in [0.29, 0.717) is 23.4 Å². The van der Waals surface area contributed by atoms with Gasteiger partial charge in [0.1, 0.15) is 0 Å². The van der Waals surface area contributed by atoms with Crippen molar-refractivity contribution in [1.29, 1.82) is 0 Å². The number of benzene rings is 2. The lowest BCUT2D eigenvalue weighted by Crippen LogP contribution is -2.38. The van der Waals surface area contributed by atoms with Crippen LogP contribution in [-0.2, 0) is 13.0 Å². The van der Waals surface area contributed by atoms with Crippen LogP contribution < -0.4 is 9.47 Å². The third-order valence-corrected chi connectivity index (χ3v) is 7.27. The van der Waals surface area contributed by atoms with Gasteiger partial charge in [0.15, 0.2) is 17.3 Å². The normalized spacial score (nSPS) is 20.4. The van der Waals surface area contributed by atoms with Crippen LogP contribution in [0, 0.1) is 17.8 Å². The first kappa shape index (κ1) is 22.8. The molecule has 4 heteroatoms. The first-order chi connectivity index (χ1) is 15.5. The van der Waals surface area contributed by atoms with Crippen molar-refractivity contribution >= 4 is 5.78 Å². The molecular weight excluding hydrogens is 398 g/mol. The van der Waals surface area contributed by atoms with Gasteiger partial charge in [-0.1, -0.05) is 43.7 Å². The Kier molecular flexibility index (Phi) is 7.20. The molecule has 0 bridgehead atoms. The van der Waals surface area contributed by atoms with E-state index in [2.05, 4.69) is 42.2 Å². The number of fused-ring (bicyclic) bond motifs is 1. The van der Waals surface area contributed by atoms with Crippen molar-refractivity contribution in [2.75, 3.05) is 20.2 Å². The van der Waals surface area contributed by atoms with Crippen LogP contribution in [-0.4, -0.2) is 37.0 Å². The number of nitrogens with zero attached hydrogens (tertiary/aromatic N) is 1. The molecule has 1 aliphatic carbocycles. The van der Waals surface area contributed by atoms with E-state index >= 15 is 0 Å². The SMILES string of the molecule is CCC(C1CCN(Cc2ccccc2)CC1)C1Cc2cc(OC(C)C)c(OC)cc2C1=O. The molecule has 0 amide bonds. The summed E-state index contributed by atoms with van der Waals surface area (Å²) in [7, 11) is 1.64. The van der Waals surface area contributed by atoms with E-state index in [1.807, 2.05) is 26.0 Å². The molecule has 0 radical (unpaired) electrons. The zero-order valence-corrected chi connectivity index (χ0v) is 20.0. The smallest absolute Gasteiger partial charge is 0.166 e. The van der Waals surface area contributed by atoms with Gasteiger partial charge in [0.25, 0.3) is 0 Å². The third kappa shape index (κ3) is 4.85. The number of hydrogen-bond donors (Lipinski definition) is 0. The molecule has 0 spiro atoms. The highest BCUT2D eigenvalue weighted by atomic mass is 16.5. The molecule has 32 heavy (non-hydrogen) atoms. The summed E-state index contributed by atoms with van der Waals surface area (Å²) < 4.78 is 11.5. The molecular formula is C28H37NO3. The second kappa shape index (κ2) is 10.1. The molecule has 2 unspecified atom stereocenters. The fourth-order valence-corrected chi connectivity index (χ4v) is 5.71. The van der Waals surface area contributed by atoms with Crippen LogP contribution >= 0.6 is 0 Å². The molecule has 0 aromatic heterocycles. The minimum Gasteiger partial charge on any atom is -0.493 e. The first-order valence-electron chi connectivity index (χ1n) is 12.2. The lowest BCUT2D eigenvalue weighted by atomic mass is 9.73. The van der Waals surface area contributed by atoms with Crippen molar-refractivity contribution in [1.82, 2.24) is 4.90 Å². The molecule has 1 aliphatic heterocycles. The zero-order chi connectivity index (χ0) is 22.7. The first-order valence-corrected chi connectivity index (χ1v) is 12.2. The highest BCUT2D eigenvalue weighted by Gasteiger charge is 2.40. The summed E-state index contributed by atoms with van der Waals surface area (Å²) >= 11 is 0. The number of ketones is 1. The second-order valence-electron chi connectivity index (χ2n) is 9.67. The number of Topliss-reactive ketones (excluding diaryl/α,β-unsaturated/α-hetero) is 1. The van der Waals surface area contributed by atoms with Crippen LogP contribution in [0.15, 0.2) is 42.5 Å². The minimum atomic E-state index is 0.0688. The summed E-state index contributed by atoms with van der Waals surface area (Å²) in [5.74, 6) is 2.84. The largest absolute Gasteiger partial charge is 0.493 e. The molecule has 2 atom stereocenters. The number of hydrogen-bond acceptors (Lipinski definition) is 4. The zero-order valence-electron chi connectivity index (χ0n) is 20.0. The predicted molar refractivity (Wildman–Crippen MR) is 129 cm³/mol. The molecule has 1 heterocycles.